The Balaban J connectivity index is 1.87. The SMILES string of the molecule is COC[C@H](C)NC(=O)CCc1nc(-c2ccc(C)cc2)no1. The minimum absolute atomic E-state index is 0.0108. The van der Waals surface area contributed by atoms with Gasteiger partial charge in [-0.1, -0.05) is 35.0 Å². The zero-order chi connectivity index (χ0) is 15.9. The molecule has 1 heterocycles. The fourth-order valence-corrected chi connectivity index (χ4v) is 2.04. The Morgan fingerprint density at radius 2 is 2.09 bits per heavy atom. The number of carbonyl (C=O) groups excluding carboxylic acids is 1. The number of carbonyl (C=O) groups is 1. The molecule has 118 valence electrons. The summed E-state index contributed by atoms with van der Waals surface area (Å²) in [6.07, 6.45) is 0.730. The van der Waals surface area contributed by atoms with Gasteiger partial charge in [-0.15, -0.1) is 0 Å². The van der Waals surface area contributed by atoms with Gasteiger partial charge in [-0.25, -0.2) is 0 Å². The summed E-state index contributed by atoms with van der Waals surface area (Å²) in [6.45, 7) is 4.40. The molecule has 0 bridgehead atoms. The van der Waals surface area contributed by atoms with Crippen molar-refractivity contribution < 1.29 is 14.1 Å². The maximum Gasteiger partial charge on any atom is 0.227 e. The molecule has 6 heteroatoms. The number of hydrogen-bond donors (Lipinski definition) is 1. The lowest BCUT2D eigenvalue weighted by atomic mass is 10.1. The van der Waals surface area contributed by atoms with Gasteiger partial charge in [0.25, 0.3) is 0 Å². The highest BCUT2D eigenvalue weighted by atomic mass is 16.5. The lowest BCUT2D eigenvalue weighted by Gasteiger charge is -2.11. The molecule has 1 amide bonds. The number of benzene rings is 1. The molecular weight excluding hydrogens is 282 g/mol. The maximum atomic E-state index is 11.8. The Morgan fingerprint density at radius 3 is 2.77 bits per heavy atom. The third-order valence-corrected chi connectivity index (χ3v) is 3.17. The Morgan fingerprint density at radius 1 is 1.36 bits per heavy atom. The van der Waals surface area contributed by atoms with Gasteiger partial charge in [0.1, 0.15) is 0 Å². The normalized spacial score (nSPS) is 12.1. The first kappa shape index (κ1) is 16.2. The summed E-state index contributed by atoms with van der Waals surface area (Å²) in [7, 11) is 1.60. The predicted molar refractivity (Wildman–Crippen MR) is 82.3 cm³/mol. The van der Waals surface area contributed by atoms with Gasteiger partial charge in [-0.05, 0) is 13.8 Å². The average Bonchev–Trinajstić information content (AvgIpc) is 2.95. The molecule has 2 rings (SSSR count). The van der Waals surface area contributed by atoms with E-state index in [0.717, 1.165) is 5.56 Å². The number of aromatic nitrogens is 2. The van der Waals surface area contributed by atoms with E-state index in [1.165, 1.54) is 5.56 Å². The Hall–Kier alpha value is -2.21. The lowest BCUT2D eigenvalue weighted by Crippen LogP contribution is -2.35. The van der Waals surface area contributed by atoms with E-state index in [9.17, 15) is 4.79 Å². The van der Waals surface area contributed by atoms with E-state index in [2.05, 4.69) is 15.5 Å². The van der Waals surface area contributed by atoms with Crippen molar-refractivity contribution in [3.63, 3.8) is 0 Å². The number of rotatable bonds is 7. The van der Waals surface area contributed by atoms with E-state index < -0.39 is 0 Å². The molecule has 0 aliphatic heterocycles. The van der Waals surface area contributed by atoms with Crippen LogP contribution in [-0.2, 0) is 16.0 Å². The molecule has 0 fully saturated rings. The summed E-state index contributed by atoms with van der Waals surface area (Å²) in [6, 6.07) is 7.88. The quantitative estimate of drug-likeness (QED) is 0.848. The van der Waals surface area contributed by atoms with Crippen molar-refractivity contribution in [1.29, 1.82) is 0 Å². The van der Waals surface area contributed by atoms with E-state index >= 15 is 0 Å². The first-order chi connectivity index (χ1) is 10.6. The highest BCUT2D eigenvalue weighted by Gasteiger charge is 2.12. The second kappa shape index (κ2) is 7.70. The monoisotopic (exact) mass is 303 g/mol. The van der Waals surface area contributed by atoms with E-state index in [1.807, 2.05) is 38.1 Å². The van der Waals surface area contributed by atoms with E-state index in [4.69, 9.17) is 9.26 Å². The van der Waals surface area contributed by atoms with Crippen molar-refractivity contribution in [1.82, 2.24) is 15.5 Å². The van der Waals surface area contributed by atoms with Gasteiger partial charge in [0.2, 0.25) is 17.6 Å². The van der Waals surface area contributed by atoms with E-state index in [0.29, 0.717) is 31.2 Å². The topological polar surface area (TPSA) is 77.2 Å². The minimum atomic E-state index is -0.0559. The fraction of sp³-hybridized carbons (Fsp3) is 0.438. The lowest BCUT2D eigenvalue weighted by molar-refractivity contribution is -0.122. The van der Waals surface area contributed by atoms with Crippen molar-refractivity contribution in [3.8, 4) is 11.4 Å². The summed E-state index contributed by atoms with van der Waals surface area (Å²) in [5, 5.41) is 6.79. The van der Waals surface area contributed by atoms with Crippen molar-refractivity contribution in [2.75, 3.05) is 13.7 Å². The fourth-order valence-electron chi connectivity index (χ4n) is 2.04. The molecule has 0 unspecified atom stereocenters. The summed E-state index contributed by atoms with van der Waals surface area (Å²) in [5.74, 6) is 0.952. The molecule has 0 aliphatic rings. The number of methoxy groups -OCH3 is 1. The van der Waals surface area contributed by atoms with Gasteiger partial charge < -0.3 is 14.6 Å². The first-order valence-electron chi connectivity index (χ1n) is 7.26. The van der Waals surface area contributed by atoms with Gasteiger partial charge in [0, 0.05) is 31.6 Å². The average molecular weight is 303 g/mol. The predicted octanol–water partition coefficient (Wildman–Crippen LogP) is 2.13. The van der Waals surface area contributed by atoms with Crippen molar-refractivity contribution in [2.24, 2.45) is 0 Å². The zero-order valence-corrected chi connectivity index (χ0v) is 13.1. The zero-order valence-electron chi connectivity index (χ0n) is 13.1. The molecule has 22 heavy (non-hydrogen) atoms. The number of hydrogen-bond acceptors (Lipinski definition) is 5. The van der Waals surface area contributed by atoms with Crippen LogP contribution in [0, 0.1) is 6.92 Å². The van der Waals surface area contributed by atoms with Crippen LogP contribution < -0.4 is 5.32 Å². The summed E-state index contributed by atoms with van der Waals surface area (Å²) in [4.78, 5) is 16.1. The maximum absolute atomic E-state index is 11.8. The van der Waals surface area contributed by atoms with Crippen LogP contribution in [-0.4, -0.2) is 35.8 Å². The van der Waals surface area contributed by atoms with Gasteiger partial charge >= 0.3 is 0 Å². The molecule has 2 aromatic rings. The number of aryl methyl sites for hydroxylation is 2. The van der Waals surface area contributed by atoms with Crippen molar-refractivity contribution in [2.45, 2.75) is 32.7 Å². The highest BCUT2D eigenvalue weighted by molar-refractivity contribution is 5.76. The van der Waals surface area contributed by atoms with Gasteiger partial charge in [0.15, 0.2) is 0 Å². The molecule has 0 spiro atoms. The molecule has 0 saturated heterocycles. The van der Waals surface area contributed by atoms with E-state index in [1.54, 1.807) is 7.11 Å². The summed E-state index contributed by atoms with van der Waals surface area (Å²) >= 11 is 0. The van der Waals surface area contributed by atoms with Crippen LogP contribution in [0.25, 0.3) is 11.4 Å². The first-order valence-corrected chi connectivity index (χ1v) is 7.26. The molecule has 1 aromatic heterocycles. The number of nitrogens with one attached hydrogen (secondary N) is 1. The molecule has 1 atom stereocenters. The Bertz CT molecular complexity index is 607. The highest BCUT2D eigenvalue weighted by Crippen LogP contribution is 2.16. The van der Waals surface area contributed by atoms with Gasteiger partial charge in [-0.3, -0.25) is 4.79 Å². The van der Waals surface area contributed by atoms with Crippen LogP contribution in [0.1, 0.15) is 24.8 Å². The molecule has 1 N–H and O–H groups in total. The van der Waals surface area contributed by atoms with Crippen LogP contribution in [0.4, 0.5) is 0 Å². The van der Waals surface area contributed by atoms with Crippen molar-refractivity contribution in [3.05, 3.63) is 35.7 Å². The largest absolute Gasteiger partial charge is 0.383 e. The van der Waals surface area contributed by atoms with Crippen LogP contribution in [0.5, 0.6) is 0 Å². The van der Waals surface area contributed by atoms with E-state index in [-0.39, 0.29) is 11.9 Å². The second-order valence-electron chi connectivity index (χ2n) is 5.30. The summed E-state index contributed by atoms with van der Waals surface area (Å²) in [5.41, 5.74) is 2.08. The van der Waals surface area contributed by atoms with Crippen LogP contribution in [0.2, 0.25) is 0 Å². The number of amides is 1. The second-order valence-corrected chi connectivity index (χ2v) is 5.30. The minimum Gasteiger partial charge on any atom is -0.383 e. The third kappa shape index (κ3) is 4.66. The van der Waals surface area contributed by atoms with Crippen LogP contribution in [0.3, 0.4) is 0 Å². The number of nitrogens with zero attached hydrogens (tertiary/aromatic N) is 2. The molecule has 1 aromatic carbocycles. The standard InChI is InChI=1S/C16H21N3O3/c1-11-4-6-13(7-5-11)16-18-15(22-19-16)9-8-14(20)17-12(2)10-21-3/h4-7,12H,8-10H2,1-3H3,(H,17,20)/t12-/m0/s1. The summed E-state index contributed by atoms with van der Waals surface area (Å²) < 4.78 is 10.2. The smallest absolute Gasteiger partial charge is 0.227 e. The molecule has 0 aliphatic carbocycles. The molecule has 6 nitrogen and oxygen atoms in total. The third-order valence-electron chi connectivity index (χ3n) is 3.17. The molecule has 0 saturated carbocycles. The number of ether oxygens (including phenoxy) is 1. The Labute approximate surface area is 129 Å². The van der Waals surface area contributed by atoms with Gasteiger partial charge in [-0.2, -0.15) is 4.98 Å². The van der Waals surface area contributed by atoms with Gasteiger partial charge in [0.05, 0.1) is 6.61 Å². The Kier molecular flexibility index (Phi) is 5.66. The van der Waals surface area contributed by atoms with Crippen LogP contribution >= 0.6 is 0 Å². The molecule has 0 radical (unpaired) electrons. The van der Waals surface area contributed by atoms with Crippen LogP contribution in [0.15, 0.2) is 28.8 Å². The molecular formula is C16H21N3O3. The van der Waals surface area contributed by atoms with Crippen molar-refractivity contribution >= 4 is 5.91 Å².